The van der Waals surface area contributed by atoms with Gasteiger partial charge in [-0.2, -0.15) is 4.98 Å². The van der Waals surface area contributed by atoms with Crippen LogP contribution in [0.5, 0.6) is 0 Å². The van der Waals surface area contributed by atoms with Crippen LogP contribution in [0.25, 0.3) is 11.2 Å². The van der Waals surface area contributed by atoms with Gasteiger partial charge in [0.2, 0.25) is 5.95 Å². The molecule has 0 spiro atoms. The molecule has 0 radical (unpaired) electrons. The summed E-state index contributed by atoms with van der Waals surface area (Å²) in [5.74, 6) is 0.818. The molecule has 0 saturated carbocycles. The summed E-state index contributed by atoms with van der Waals surface area (Å²) in [5.41, 5.74) is 6.29. The molecule has 3 heterocycles. The molecule has 98 valence electrons. The van der Waals surface area contributed by atoms with E-state index in [0.29, 0.717) is 17.9 Å². The van der Waals surface area contributed by atoms with Gasteiger partial charge in [-0.25, -0.2) is 9.97 Å². The van der Waals surface area contributed by atoms with E-state index >= 15 is 0 Å². The van der Waals surface area contributed by atoms with Crippen molar-refractivity contribution >= 4 is 17.1 Å². The normalized spacial score (nSPS) is 12.9. The van der Waals surface area contributed by atoms with Gasteiger partial charge in [0.25, 0.3) is 5.56 Å². The first-order valence-electron chi connectivity index (χ1n) is 5.92. The predicted molar refractivity (Wildman–Crippen MR) is 69.6 cm³/mol. The molecule has 4 N–H and O–H groups in total. The lowest BCUT2D eigenvalue weighted by Gasteiger charge is -2.17. The van der Waals surface area contributed by atoms with Crippen LogP contribution in [0.2, 0.25) is 0 Å². The molecule has 0 fully saturated rings. The number of nitrogens with zero attached hydrogens (tertiary/aromatic N) is 4. The Morgan fingerprint density at radius 1 is 1.42 bits per heavy atom. The topological polar surface area (TPSA) is 118 Å². The fourth-order valence-electron chi connectivity index (χ4n) is 2.17. The van der Waals surface area contributed by atoms with E-state index in [9.17, 15) is 4.79 Å². The second-order valence-corrected chi connectivity index (χ2v) is 4.14. The number of nitrogens with two attached hydrogens (primary N) is 1. The quantitative estimate of drug-likeness (QED) is 0.630. The fourth-order valence-corrected chi connectivity index (χ4v) is 2.17. The molecule has 0 saturated heterocycles. The van der Waals surface area contributed by atoms with Gasteiger partial charge in [0.05, 0.1) is 12.4 Å². The molecule has 1 unspecified atom stereocenters. The van der Waals surface area contributed by atoms with Gasteiger partial charge < -0.3 is 15.7 Å². The lowest BCUT2D eigenvalue weighted by Crippen LogP contribution is -2.29. The average molecular weight is 259 g/mol. The van der Waals surface area contributed by atoms with E-state index in [1.165, 1.54) is 10.9 Å². The van der Waals surface area contributed by atoms with E-state index < -0.39 is 0 Å². The highest BCUT2D eigenvalue weighted by Gasteiger charge is 2.21. The van der Waals surface area contributed by atoms with Gasteiger partial charge in [0.1, 0.15) is 5.82 Å². The van der Waals surface area contributed by atoms with Crippen LogP contribution in [0.1, 0.15) is 25.2 Å². The number of nitrogens with one attached hydrogen (secondary N) is 2. The van der Waals surface area contributed by atoms with Gasteiger partial charge in [-0.1, -0.05) is 6.92 Å². The molecular weight excluding hydrogens is 246 g/mol. The number of rotatable bonds is 3. The van der Waals surface area contributed by atoms with Gasteiger partial charge in [-0.15, -0.1) is 0 Å². The average Bonchev–Trinajstić information content (AvgIpc) is 3.04. The maximum Gasteiger partial charge on any atom is 0.283 e. The number of imidazole rings is 2. The number of hydrogen-bond acceptors (Lipinski definition) is 5. The molecule has 0 bridgehead atoms. The highest BCUT2D eigenvalue weighted by molar-refractivity contribution is 5.69. The zero-order chi connectivity index (χ0) is 13.4. The summed E-state index contributed by atoms with van der Waals surface area (Å²) in [4.78, 5) is 30.5. The smallest absolute Gasteiger partial charge is 0.283 e. The minimum absolute atomic E-state index is 0.144. The Morgan fingerprint density at radius 2 is 2.26 bits per heavy atom. The Morgan fingerprint density at radius 3 is 2.95 bits per heavy atom. The van der Waals surface area contributed by atoms with Gasteiger partial charge in [0.15, 0.2) is 11.2 Å². The molecule has 3 aromatic rings. The number of aromatic nitrogens is 6. The van der Waals surface area contributed by atoms with Crippen molar-refractivity contribution in [2.24, 2.45) is 0 Å². The van der Waals surface area contributed by atoms with E-state index in [1.807, 2.05) is 6.92 Å². The Hall–Kier alpha value is -2.64. The highest BCUT2D eigenvalue weighted by atomic mass is 16.1. The van der Waals surface area contributed by atoms with Gasteiger partial charge in [-0.3, -0.25) is 9.36 Å². The second kappa shape index (κ2) is 4.23. The molecular formula is C11H13N7O. The van der Waals surface area contributed by atoms with E-state index in [0.717, 1.165) is 0 Å². The van der Waals surface area contributed by atoms with Crippen LogP contribution >= 0.6 is 0 Å². The summed E-state index contributed by atoms with van der Waals surface area (Å²) in [6, 6.07) is -0.281. The van der Waals surface area contributed by atoms with E-state index in [-0.39, 0.29) is 23.1 Å². The zero-order valence-electron chi connectivity index (χ0n) is 10.3. The zero-order valence-corrected chi connectivity index (χ0v) is 10.3. The first-order chi connectivity index (χ1) is 9.22. The summed E-state index contributed by atoms with van der Waals surface area (Å²) in [5, 5.41) is 0. The molecule has 0 aliphatic heterocycles. The van der Waals surface area contributed by atoms with Gasteiger partial charge in [-0.05, 0) is 6.42 Å². The third-order valence-electron chi connectivity index (χ3n) is 3.05. The first-order valence-corrected chi connectivity index (χ1v) is 5.92. The largest absolute Gasteiger partial charge is 0.369 e. The van der Waals surface area contributed by atoms with Crippen molar-refractivity contribution in [3.8, 4) is 0 Å². The summed E-state index contributed by atoms with van der Waals surface area (Å²) >= 11 is 0. The third kappa shape index (κ3) is 1.68. The minimum Gasteiger partial charge on any atom is -0.369 e. The molecule has 3 rings (SSSR count). The number of H-pyrrole nitrogens is 2. The minimum atomic E-state index is -0.281. The first kappa shape index (κ1) is 11.5. The Kier molecular flexibility index (Phi) is 2.55. The second-order valence-electron chi connectivity index (χ2n) is 4.14. The summed E-state index contributed by atoms with van der Waals surface area (Å²) in [6.07, 6.45) is 5.44. The van der Waals surface area contributed by atoms with Crippen LogP contribution in [0.15, 0.2) is 23.5 Å². The van der Waals surface area contributed by atoms with E-state index in [2.05, 4.69) is 24.9 Å². The molecule has 0 aromatic carbocycles. The Balaban J connectivity index is 2.26. The summed E-state index contributed by atoms with van der Waals surface area (Å²) in [6.45, 7) is 1.95. The van der Waals surface area contributed by atoms with E-state index in [1.54, 1.807) is 12.4 Å². The van der Waals surface area contributed by atoms with Gasteiger partial charge >= 0.3 is 0 Å². The molecule has 1 atom stereocenters. The van der Waals surface area contributed by atoms with Crippen LogP contribution in [-0.2, 0) is 0 Å². The maximum absolute atomic E-state index is 12.4. The van der Waals surface area contributed by atoms with Crippen molar-refractivity contribution in [1.82, 2.24) is 29.5 Å². The number of anilines is 1. The molecule has 0 aliphatic carbocycles. The monoisotopic (exact) mass is 259 g/mol. The number of aromatic amines is 2. The molecule has 3 aromatic heterocycles. The van der Waals surface area contributed by atoms with Gasteiger partial charge in [0, 0.05) is 12.4 Å². The van der Waals surface area contributed by atoms with Crippen molar-refractivity contribution in [2.75, 3.05) is 5.73 Å². The molecule has 8 nitrogen and oxygen atoms in total. The standard InChI is InChI=1S/C11H13N7O/c1-2-6(8-13-3-4-14-8)18-10(19)7-9(16-5-15-7)17-11(18)12/h3-6H,2H2,1H3,(H2,12,17)(H,13,14)(H,15,16). The van der Waals surface area contributed by atoms with Crippen LogP contribution in [-0.4, -0.2) is 29.5 Å². The number of hydrogen-bond donors (Lipinski definition) is 3. The van der Waals surface area contributed by atoms with Crippen molar-refractivity contribution in [1.29, 1.82) is 0 Å². The van der Waals surface area contributed by atoms with Crippen molar-refractivity contribution in [3.05, 3.63) is 34.9 Å². The Labute approximate surface area is 107 Å². The summed E-state index contributed by atoms with van der Waals surface area (Å²) in [7, 11) is 0. The van der Waals surface area contributed by atoms with Crippen LogP contribution in [0.3, 0.4) is 0 Å². The lowest BCUT2D eigenvalue weighted by atomic mass is 10.2. The molecule has 0 aliphatic rings. The lowest BCUT2D eigenvalue weighted by molar-refractivity contribution is 0.528. The van der Waals surface area contributed by atoms with Crippen LogP contribution in [0, 0.1) is 0 Å². The molecule has 19 heavy (non-hydrogen) atoms. The summed E-state index contributed by atoms with van der Waals surface area (Å²) < 4.78 is 1.42. The van der Waals surface area contributed by atoms with E-state index in [4.69, 9.17) is 5.73 Å². The van der Waals surface area contributed by atoms with Crippen molar-refractivity contribution < 1.29 is 0 Å². The SMILES string of the molecule is CCC(c1ncc[nH]1)n1c(N)nc2[nH]cnc2c1=O. The third-order valence-corrected chi connectivity index (χ3v) is 3.05. The predicted octanol–water partition coefficient (Wildman–Crippen LogP) is 0.424. The Bertz CT molecular complexity index is 755. The molecule has 0 amide bonds. The maximum atomic E-state index is 12.4. The van der Waals surface area contributed by atoms with Crippen LogP contribution < -0.4 is 11.3 Å². The van der Waals surface area contributed by atoms with Crippen molar-refractivity contribution in [3.63, 3.8) is 0 Å². The number of fused-ring (bicyclic) bond motifs is 1. The molecule has 8 heteroatoms. The fraction of sp³-hybridized carbons (Fsp3) is 0.273. The van der Waals surface area contributed by atoms with Crippen LogP contribution in [0.4, 0.5) is 5.95 Å². The van der Waals surface area contributed by atoms with Crippen molar-refractivity contribution in [2.45, 2.75) is 19.4 Å². The highest BCUT2D eigenvalue weighted by Crippen LogP contribution is 2.19. The number of nitrogen functional groups attached to an aromatic ring is 1.